The molecule has 0 spiro atoms. The molecule has 2 aliphatic heterocycles. The summed E-state index contributed by atoms with van der Waals surface area (Å²) in [7, 11) is 0. The van der Waals surface area contributed by atoms with Crippen molar-refractivity contribution in [3.05, 3.63) is 46.6 Å². The van der Waals surface area contributed by atoms with Crippen molar-refractivity contribution < 1.29 is 64.2 Å². The quantitative estimate of drug-likeness (QED) is 0.193. The van der Waals surface area contributed by atoms with E-state index in [2.05, 4.69) is 0 Å². The molecule has 2 saturated heterocycles. The first-order chi connectivity index (χ1) is 19.4. The van der Waals surface area contributed by atoms with Crippen molar-refractivity contribution in [1.29, 1.82) is 0 Å². The van der Waals surface area contributed by atoms with Crippen molar-refractivity contribution >= 4 is 11.0 Å². The fraction of sp³-hybridized carbons (Fsp3) is 0.444. The maximum atomic E-state index is 13.7. The summed E-state index contributed by atoms with van der Waals surface area (Å²) in [4.78, 5) is 13.7. The maximum Gasteiger partial charge on any atom is 0.239 e. The third kappa shape index (κ3) is 5.31. The zero-order chi connectivity index (χ0) is 29.7. The molecular formula is C27H30O14. The molecule has 0 radical (unpaired) electrons. The number of hydrogen-bond donors (Lipinski definition) is 8. The SMILES string of the molecule is CC1O[C@@H](Oc2c(-c3ccc(O)cc3)oc3cc(O)cc(O)c3c2=O)[C@@H](O[C@@H]2O[C@@H](C)[C@H](O)[C@H](O)[C@@H]2O)[C@H](O)[C@H]1O. The smallest absolute Gasteiger partial charge is 0.239 e. The summed E-state index contributed by atoms with van der Waals surface area (Å²) in [5, 5.41) is 81.8. The Hall–Kier alpha value is -3.47. The van der Waals surface area contributed by atoms with Crippen LogP contribution in [0.3, 0.4) is 0 Å². The van der Waals surface area contributed by atoms with Gasteiger partial charge in [-0.05, 0) is 38.1 Å². The first-order valence-corrected chi connectivity index (χ1v) is 12.7. The number of benzene rings is 2. The number of hydrogen-bond acceptors (Lipinski definition) is 14. The van der Waals surface area contributed by atoms with Crippen molar-refractivity contribution in [2.45, 2.75) is 75.3 Å². The molecule has 0 aliphatic carbocycles. The van der Waals surface area contributed by atoms with Crippen LogP contribution in [-0.2, 0) is 14.2 Å². The Labute approximate surface area is 231 Å². The molecule has 2 aromatic carbocycles. The monoisotopic (exact) mass is 578 g/mol. The fourth-order valence-electron chi connectivity index (χ4n) is 4.82. The summed E-state index contributed by atoms with van der Waals surface area (Å²) < 4.78 is 28.7. The van der Waals surface area contributed by atoms with Crippen molar-refractivity contribution in [3.63, 3.8) is 0 Å². The summed E-state index contributed by atoms with van der Waals surface area (Å²) >= 11 is 0. The van der Waals surface area contributed by atoms with Gasteiger partial charge < -0.3 is 64.2 Å². The number of ether oxygens (including phenoxy) is 4. The largest absolute Gasteiger partial charge is 0.508 e. The third-order valence-electron chi connectivity index (χ3n) is 7.17. The Morgan fingerprint density at radius 1 is 0.732 bits per heavy atom. The summed E-state index contributed by atoms with van der Waals surface area (Å²) in [6.07, 6.45) is -15.0. The van der Waals surface area contributed by atoms with Gasteiger partial charge in [0.15, 0.2) is 18.2 Å². The Morgan fingerprint density at radius 2 is 1.34 bits per heavy atom. The molecule has 8 N–H and O–H groups in total. The average molecular weight is 579 g/mol. The number of fused-ring (bicyclic) bond motifs is 1. The van der Waals surface area contributed by atoms with Gasteiger partial charge in [0.2, 0.25) is 17.5 Å². The van der Waals surface area contributed by atoms with Gasteiger partial charge in [0, 0.05) is 17.7 Å². The molecule has 14 heteroatoms. The van der Waals surface area contributed by atoms with E-state index in [-0.39, 0.29) is 33.8 Å². The highest BCUT2D eigenvalue weighted by atomic mass is 16.8. The highest BCUT2D eigenvalue weighted by Crippen LogP contribution is 2.38. The van der Waals surface area contributed by atoms with Crippen molar-refractivity contribution in [1.82, 2.24) is 0 Å². The van der Waals surface area contributed by atoms with E-state index in [0.717, 1.165) is 12.1 Å². The summed E-state index contributed by atoms with van der Waals surface area (Å²) in [6.45, 7) is 2.84. The lowest BCUT2D eigenvalue weighted by atomic mass is 9.98. The normalized spacial score (nSPS) is 34.0. The molecule has 1 unspecified atom stereocenters. The minimum Gasteiger partial charge on any atom is -0.508 e. The van der Waals surface area contributed by atoms with Gasteiger partial charge in [0.05, 0.1) is 12.2 Å². The highest BCUT2D eigenvalue weighted by Gasteiger charge is 2.50. The number of phenols is 3. The van der Waals surface area contributed by atoms with Crippen molar-refractivity contribution in [2.75, 3.05) is 0 Å². The van der Waals surface area contributed by atoms with E-state index in [1.54, 1.807) is 0 Å². The van der Waals surface area contributed by atoms with E-state index in [0.29, 0.717) is 0 Å². The molecule has 41 heavy (non-hydrogen) atoms. The summed E-state index contributed by atoms with van der Waals surface area (Å²) in [5.74, 6) is -1.81. The van der Waals surface area contributed by atoms with Gasteiger partial charge in [-0.25, -0.2) is 0 Å². The van der Waals surface area contributed by atoms with Gasteiger partial charge in [-0.15, -0.1) is 0 Å². The zero-order valence-electron chi connectivity index (χ0n) is 21.8. The second kappa shape index (κ2) is 11.1. The van der Waals surface area contributed by atoms with Crippen LogP contribution < -0.4 is 10.2 Å². The molecule has 0 saturated carbocycles. The molecule has 222 valence electrons. The molecule has 0 bridgehead atoms. The highest BCUT2D eigenvalue weighted by molar-refractivity contribution is 5.88. The van der Waals surface area contributed by atoms with Crippen molar-refractivity contribution in [3.8, 4) is 34.3 Å². The fourth-order valence-corrected chi connectivity index (χ4v) is 4.82. The lowest BCUT2D eigenvalue weighted by molar-refractivity contribution is -0.352. The van der Waals surface area contributed by atoms with Gasteiger partial charge in [0.1, 0.15) is 58.7 Å². The Morgan fingerprint density at radius 3 is 2.00 bits per heavy atom. The van der Waals surface area contributed by atoms with Crippen LogP contribution >= 0.6 is 0 Å². The second-order valence-electron chi connectivity index (χ2n) is 10.1. The number of aliphatic hydroxyl groups excluding tert-OH is 5. The van der Waals surface area contributed by atoms with Gasteiger partial charge >= 0.3 is 0 Å². The van der Waals surface area contributed by atoms with Crippen LogP contribution in [0.25, 0.3) is 22.3 Å². The Kier molecular flexibility index (Phi) is 7.84. The standard InChI is InChI=1S/C27H30O14/c1-9-17(31)20(34)22(36)26(37-9)41-25-21(35)18(32)10(2)38-27(25)40-24-19(33)16-14(30)7-13(29)8-15(16)39-23(24)11-3-5-12(28)6-4-11/h3-10,17-18,20-22,25-32,34-36H,1-2H3/t9-,10?,17-,18-,20-,21+,22-,25-,26-,27-/m0/s1. The lowest BCUT2D eigenvalue weighted by Crippen LogP contribution is -2.63. The van der Waals surface area contributed by atoms with Crippen molar-refractivity contribution in [2.24, 2.45) is 0 Å². The van der Waals surface area contributed by atoms with E-state index in [4.69, 9.17) is 23.4 Å². The van der Waals surface area contributed by atoms with Crippen LogP contribution in [0.1, 0.15) is 13.8 Å². The predicted octanol–water partition coefficient (Wildman–Crippen LogP) is -0.365. The molecule has 5 rings (SSSR count). The minimum atomic E-state index is -1.77. The number of phenolic OH excluding ortho intramolecular Hbond substituents is 3. The first kappa shape index (κ1) is 29.0. The van der Waals surface area contributed by atoms with Crippen LogP contribution in [0.5, 0.6) is 23.0 Å². The van der Waals surface area contributed by atoms with Gasteiger partial charge in [-0.3, -0.25) is 4.79 Å². The number of aromatic hydroxyl groups is 3. The Bertz CT molecular complexity index is 1460. The lowest BCUT2D eigenvalue weighted by Gasteiger charge is -2.45. The maximum absolute atomic E-state index is 13.7. The molecule has 2 fully saturated rings. The molecule has 0 amide bonds. The van der Waals surface area contributed by atoms with E-state index in [9.17, 15) is 45.6 Å². The Balaban J connectivity index is 1.59. The van der Waals surface area contributed by atoms with Crippen LogP contribution in [0.4, 0.5) is 0 Å². The van der Waals surface area contributed by atoms with E-state index in [1.165, 1.54) is 38.1 Å². The van der Waals surface area contributed by atoms with E-state index >= 15 is 0 Å². The number of rotatable bonds is 5. The van der Waals surface area contributed by atoms with Gasteiger partial charge in [0.25, 0.3) is 0 Å². The summed E-state index contributed by atoms with van der Waals surface area (Å²) in [5.41, 5.74) is -0.855. The molecular weight excluding hydrogens is 548 g/mol. The molecule has 2 aliphatic rings. The van der Waals surface area contributed by atoms with Crippen LogP contribution in [0, 0.1) is 0 Å². The average Bonchev–Trinajstić information content (AvgIpc) is 2.92. The minimum absolute atomic E-state index is 0.0859. The topological polar surface area (TPSA) is 229 Å². The summed E-state index contributed by atoms with van der Waals surface area (Å²) in [6, 6.07) is 7.49. The second-order valence-corrected chi connectivity index (χ2v) is 10.1. The van der Waals surface area contributed by atoms with E-state index < -0.39 is 78.3 Å². The first-order valence-electron chi connectivity index (χ1n) is 12.7. The predicted molar refractivity (Wildman–Crippen MR) is 137 cm³/mol. The molecule has 3 heterocycles. The van der Waals surface area contributed by atoms with Crippen LogP contribution in [0.15, 0.2) is 45.6 Å². The molecule has 1 aromatic heterocycles. The van der Waals surface area contributed by atoms with E-state index in [1.807, 2.05) is 0 Å². The zero-order valence-corrected chi connectivity index (χ0v) is 21.8. The van der Waals surface area contributed by atoms with Crippen LogP contribution in [0.2, 0.25) is 0 Å². The third-order valence-corrected chi connectivity index (χ3v) is 7.17. The number of aliphatic hydroxyl groups is 5. The molecule has 14 nitrogen and oxygen atoms in total. The van der Waals surface area contributed by atoms with Gasteiger partial charge in [-0.1, -0.05) is 0 Å². The van der Waals surface area contributed by atoms with Gasteiger partial charge in [-0.2, -0.15) is 0 Å². The molecule has 10 atom stereocenters. The molecule has 3 aromatic rings. The van der Waals surface area contributed by atoms with Crippen LogP contribution in [-0.4, -0.2) is 102 Å².